The first-order valence-electron chi connectivity index (χ1n) is 5.54. The van der Waals surface area contributed by atoms with Gasteiger partial charge in [0.1, 0.15) is 11.5 Å². The third kappa shape index (κ3) is 3.48. The predicted octanol–water partition coefficient (Wildman–Crippen LogP) is 3.99. The van der Waals surface area contributed by atoms with E-state index >= 15 is 0 Å². The summed E-state index contributed by atoms with van der Waals surface area (Å²) in [5.74, 6) is 0.773. The lowest BCUT2D eigenvalue weighted by Gasteiger charge is -2.09. The third-order valence-corrected chi connectivity index (χ3v) is 2.50. The average Bonchev–Trinajstić information content (AvgIpc) is 2.38. The number of halogens is 3. The van der Waals surface area contributed by atoms with Crippen molar-refractivity contribution in [2.75, 3.05) is 0 Å². The van der Waals surface area contributed by atoms with Crippen LogP contribution in [-0.2, 0) is 12.8 Å². The van der Waals surface area contributed by atoms with Crippen molar-refractivity contribution < 1.29 is 23.0 Å². The van der Waals surface area contributed by atoms with E-state index in [0.29, 0.717) is 17.1 Å². The summed E-state index contributed by atoms with van der Waals surface area (Å²) < 4.78 is 42.5. The van der Waals surface area contributed by atoms with E-state index in [0.717, 1.165) is 12.1 Å². The first-order valence-corrected chi connectivity index (χ1v) is 5.54. The molecule has 19 heavy (non-hydrogen) atoms. The topological polar surface area (TPSA) is 29.5 Å². The fourth-order valence-corrected chi connectivity index (χ4v) is 1.56. The lowest BCUT2D eigenvalue weighted by atomic mass is 10.2. The van der Waals surface area contributed by atoms with Gasteiger partial charge in [0.2, 0.25) is 0 Å². The molecular weight excluding hydrogens is 257 g/mol. The highest BCUT2D eigenvalue weighted by molar-refractivity contribution is 5.35. The van der Waals surface area contributed by atoms with E-state index in [4.69, 9.17) is 9.84 Å². The lowest BCUT2D eigenvalue weighted by molar-refractivity contribution is -0.137. The third-order valence-electron chi connectivity index (χ3n) is 2.50. The molecule has 2 aromatic rings. The van der Waals surface area contributed by atoms with Gasteiger partial charge >= 0.3 is 6.18 Å². The van der Waals surface area contributed by atoms with Gasteiger partial charge in [-0.15, -0.1) is 0 Å². The molecule has 0 atom stereocenters. The van der Waals surface area contributed by atoms with Crippen molar-refractivity contribution in [1.82, 2.24) is 0 Å². The van der Waals surface area contributed by atoms with Gasteiger partial charge in [0.15, 0.2) is 0 Å². The zero-order valence-corrected chi connectivity index (χ0v) is 9.82. The highest BCUT2D eigenvalue weighted by Gasteiger charge is 2.30. The molecule has 0 aliphatic rings. The standard InChI is InChI=1S/C14H11F3O2/c15-14(16,17)11-4-6-12(7-5-11)19-13-3-1-2-10(8-13)9-18/h1-8,18H,9H2. The molecule has 5 heteroatoms. The van der Waals surface area contributed by atoms with Crippen LogP contribution >= 0.6 is 0 Å². The molecule has 2 rings (SSSR count). The highest BCUT2D eigenvalue weighted by Crippen LogP contribution is 2.31. The predicted molar refractivity (Wildman–Crippen MR) is 63.9 cm³/mol. The SMILES string of the molecule is OCc1cccc(Oc2ccc(C(F)(F)F)cc2)c1. The number of hydrogen-bond acceptors (Lipinski definition) is 2. The molecule has 0 radical (unpaired) electrons. The van der Waals surface area contributed by atoms with Gasteiger partial charge in [-0.1, -0.05) is 12.1 Å². The van der Waals surface area contributed by atoms with Gasteiger partial charge in [-0.25, -0.2) is 0 Å². The summed E-state index contributed by atoms with van der Waals surface area (Å²) in [5, 5.41) is 8.97. The van der Waals surface area contributed by atoms with Gasteiger partial charge in [-0.3, -0.25) is 0 Å². The van der Waals surface area contributed by atoms with Crippen LogP contribution in [0.3, 0.4) is 0 Å². The van der Waals surface area contributed by atoms with Crippen LogP contribution in [0.5, 0.6) is 11.5 Å². The Bertz CT molecular complexity index is 547. The molecule has 0 amide bonds. The minimum absolute atomic E-state index is 0.121. The number of ether oxygens (including phenoxy) is 1. The maximum Gasteiger partial charge on any atom is 0.416 e. The monoisotopic (exact) mass is 268 g/mol. The number of aliphatic hydroxyl groups is 1. The number of rotatable bonds is 3. The van der Waals surface area contributed by atoms with E-state index in [2.05, 4.69) is 0 Å². The Kier molecular flexibility index (Phi) is 3.76. The zero-order chi connectivity index (χ0) is 13.9. The number of aliphatic hydroxyl groups excluding tert-OH is 1. The molecule has 0 unspecified atom stereocenters. The second-order valence-electron chi connectivity index (χ2n) is 3.93. The molecule has 0 aliphatic carbocycles. The second kappa shape index (κ2) is 5.32. The maximum absolute atomic E-state index is 12.4. The second-order valence-corrected chi connectivity index (χ2v) is 3.93. The van der Waals surface area contributed by atoms with E-state index in [1.807, 2.05) is 0 Å². The summed E-state index contributed by atoms with van der Waals surface area (Å²) in [7, 11) is 0. The molecule has 2 aromatic carbocycles. The summed E-state index contributed by atoms with van der Waals surface area (Å²) in [6.45, 7) is -0.121. The van der Waals surface area contributed by atoms with Gasteiger partial charge in [-0.05, 0) is 42.0 Å². The van der Waals surface area contributed by atoms with E-state index in [1.54, 1.807) is 24.3 Å². The van der Waals surface area contributed by atoms with Crippen LogP contribution in [0, 0.1) is 0 Å². The maximum atomic E-state index is 12.4. The van der Waals surface area contributed by atoms with Crippen LogP contribution in [0.2, 0.25) is 0 Å². The van der Waals surface area contributed by atoms with Crippen LogP contribution in [0.1, 0.15) is 11.1 Å². The fourth-order valence-electron chi connectivity index (χ4n) is 1.56. The molecule has 0 bridgehead atoms. The average molecular weight is 268 g/mol. The van der Waals surface area contributed by atoms with Crippen molar-refractivity contribution in [3.63, 3.8) is 0 Å². The first kappa shape index (κ1) is 13.4. The Hall–Kier alpha value is -2.01. The summed E-state index contributed by atoms with van der Waals surface area (Å²) in [6, 6.07) is 11.2. The molecule has 0 spiro atoms. The van der Waals surface area contributed by atoms with Gasteiger partial charge in [-0.2, -0.15) is 13.2 Å². The first-order chi connectivity index (χ1) is 8.99. The molecule has 0 saturated carbocycles. The van der Waals surface area contributed by atoms with Gasteiger partial charge < -0.3 is 9.84 Å². The lowest BCUT2D eigenvalue weighted by Crippen LogP contribution is -2.03. The summed E-state index contributed by atoms with van der Waals surface area (Å²) in [4.78, 5) is 0. The Morgan fingerprint density at radius 2 is 1.63 bits per heavy atom. The van der Waals surface area contributed by atoms with Crippen LogP contribution in [-0.4, -0.2) is 5.11 Å². The normalized spacial score (nSPS) is 11.4. The fraction of sp³-hybridized carbons (Fsp3) is 0.143. The van der Waals surface area contributed by atoms with E-state index in [9.17, 15) is 13.2 Å². The molecular formula is C14H11F3O2. The Morgan fingerprint density at radius 3 is 2.21 bits per heavy atom. The highest BCUT2D eigenvalue weighted by atomic mass is 19.4. The molecule has 0 aromatic heterocycles. The van der Waals surface area contributed by atoms with E-state index in [1.165, 1.54) is 12.1 Å². The van der Waals surface area contributed by atoms with Crippen molar-refractivity contribution in [3.8, 4) is 11.5 Å². The Balaban J connectivity index is 2.15. The molecule has 0 saturated heterocycles. The summed E-state index contributed by atoms with van der Waals surface area (Å²) in [6.07, 6.45) is -4.35. The molecule has 100 valence electrons. The summed E-state index contributed by atoms with van der Waals surface area (Å²) >= 11 is 0. The minimum atomic E-state index is -4.35. The quantitative estimate of drug-likeness (QED) is 0.912. The smallest absolute Gasteiger partial charge is 0.416 e. The van der Waals surface area contributed by atoms with Crippen molar-refractivity contribution in [1.29, 1.82) is 0 Å². The number of alkyl halides is 3. The Labute approximate surface area is 108 Å². The van der Waals surface area contributed by atoms with E-state index < -0.39 is 11.7 Å². The number of hydrogen-bond donors (Lipinski definition) is 1. The molecule has 0 fully saturated rings. The molecule has 2 nitrogen and oxygen atoms in total. The molecule has 0 heterocycles. The Morgan fingerprint density at radius 1 is 0.947 bits per heavy atom. The summed E-state index contributed by atoms with van der Waals surface area (Å²) in [5.41, 5.74) is -0.0478. The van der Waals surface area contributed by atoms with Crippen molar-refractivity contribution in [2.45, 2.75) is 12.8 Å². The van der Waals surface area contributed by atoms with Gasteiger partial charge in [0.25, 0.3) is 0 Å². The van der Waals surface area contributed by atoms with Gasteiger partial charge in [0, 0.05) is 0 Å². The number of benzene rings is 2. The zero-order valence-electron chi connectivity index (χ0n) is 9.82. The van der Waals surface area contributed by atoms with Crippen LogP contribution < -0.4 is 4.74 Å². The largest absolute Gasteiger partial charge is 0.457 e. The van der Waals surface area contributed by atoms with Crippen LogP contribution in [0.15, 0.2) is 48.5 Å². The van der Waals surface area contributed by atoms with Gasteiger partial charge in [0.05, 0.1) is 12.2 Å². The van der Waals surface area contributed by atoms with Crippen molar-refractivity contribution >= 4 is 0 Å². The van der Waals surface area contributed by atoms with Crippen molar-refractivity contribution in [3.05, 3.63) is 59.7 Å². The van der Waals surface area contributed by atoms with Crippen LogP contribution in [0.25, 0.3) is 0 Å². The van der Waals surface area contributed by atoms with Crippen molar-refractivity contribution in [2.24, 2.45) is 0 Å². The molecule has 1 N–H and O–H groups in total. The van der Waals surface area contributed by atoms with Crippen LogP contribution in [0.4, 0.5) is 13.2 Å². The van der Waals surface area contributed by atoms with E-state index in [-0.39, 0.29) is 6.61 Å². The minimum Gasteiger partial charge on any atom is -0.457 e. The molecule has 0 aliphatic heterocycles.